The van der Waals surface area contributed by atoms with Gasteiger partial charge in [-0.05, 0) is 42.7 Å². The second-order valence-corrected chi connectivity index (χ2v) is 6.21. The maximum atomic E-state index is 12.9. The molecule has 1 fully saturated rings. The van der Waals surface area contributed by atoms with Crippen LogP contribution >= 0.6 is 0 Å². The third kappa shape index (κ3) is 2.93. The summed E-state index contributed by atoms with van der Waals surface area (Å²) in [5.74, 6) is 0.889. The number of carbonyl (C=O) groups is 1. The van der Waals surface area contributed by atoms with Gasteiger partial charge in [-0.1, -0.05) is 17.3 Å². The SMILES string of the molecule is CNc1cc(C2CCCN2C(=O)Cn2nnc3ccccc32)ccn1. The molecular formula is C18H20N6O. The molecule has 25 heavy (non-hydrogen) atoms. The Hall–Kier alpha value is -2.96. The molecule has 0 saturated carbocycles. The fourth-order valence-corrected chi connectivity index (χ4v) is 3.46. The average Bonchev–Trinajstić information content (AvgIpc) is 3.29. The van der Waals surface area contributed by atoms with E-state index in [1.165, 1.54) is 0 Å². The van der Waals surface area contributed by atoms with Gasteiger partial charge in [-0.3, -0.25) is 4.79 Å². The zero-order valence-electron chi connectivity index (χ0n) is 14.1. The topological polar surface area (TPSA) is 75.9 Å². The molecule has 1 aliphatic rings. The number of anilines is 1. The lowest BCUT2D eigenvalue weighted by Crippen LogP contribution is -2.33. The monoisotopic (exact) mass is 336 g/mol. The summed E-state index contributed by atoms with van der Waals surface area (Å²) in [5, 5.41) is 11.3. The largest absolute Gasteiger partial charge is 0.373 e. The van der Waals surface area contributed by atoms with Crippen molar-refractivity contribution in [3.05, 3.63) is 48.2 Å². The van der Waals surface area contributed by atoms with E-state index in [9.17, 15) is 4.79 Å². The molecule has 1 atom stereocenters. The Kier molecular flexibility index (Phi) is 4.05. The van der Waals surface area contributed by atoms with Crippen molar-refractivity contribution in [3.63, 3.8) is 0 Å². The van der Waals surface area contributed by atoms with Crippen LogP contribution in [0.3, 0.4) is 0 Å². The van der Waals surface area contributed by atoms with Crippen LogP contribution in [0.1, 0.15) is 24.4 Å². The van der Waals surface area contributed by atoms with Crippen molar-refractivity contribution < 1.29 is 4.79 Å². The number of likely N-dealkylation sites (tertiary alicyclic amines) is 1. The highest BCUT2D eigenvalue weighted by Gasteiger charge is 2.30. The second-order valence-electron chi connectivity index (χ2n) is 6.21. The lowest BCUT2D eigenvalue weighted by Gasteiger charge is -2.25. The normalized spacial score (nSPS) is 17.2. The minimum atomic E-state index is 0.0703. The Morgan fingerprint density at radius 1 is 1.32 bits per heavy atom. The molecule has 0 radical (unpaired) electrons. The molecule has 7 heteroatoms. The molecule has 1 saturated heterocycles. The predicted molar refractivity (Wildman–Crippen MR) is 95.0 cm³/mol. The highest BCUT2D eigenvalue weighted by Crippen LogP contribution is 2.32. The molecule has 3 aromatic rings. The minimum Gasteiger partial charge on any atom is -0.373 e. The number of nitrogens with one attached hydrogen (secondary N) is 1. The van der Waals surface area contributed by atoms with Crippen LogP contribution in [0.15, 0.2) is 42.6 Å². The first-order valence-corrected chi connectivity index (χ1v) is 8.47. The average molecular weight is 336 g/mol. The molecule has 4 rings (SSSR count). The van der Waals surface area contributed by atoms with Gasteiger partial charge in [0.1, 0.15) is 17.9 Å². The van der Waals surface area contributed by atoms with Crippen LogP contribution in [0.4, 0.5) is 5.82 Å². The molecule has 2 aromatic heterocycles. The molecule has 3 heterocycles. The summed E-state index contributed by atoms with van der Waals surface area (Å²) in [6, 6.07) is 11.8. The summed E-state index contributed by atoms with van der Waals surface area (Å²) >= 11 is 0. The number of fused-ring (bicyclic) bond motifs is 1. The third-order valence-corrected chi connectivity index (χ3v) is 4.70. The van der Waals surface area contributed by atoms with Gasteiger partial charge in [0, 0.05) is 19.8 Å². The van der Waals surface area contributed by atoms with E-state index in [1.54, 1.807) is 10.9 Å². The fourth-order valence-electron chi connectivity index (χ4n) is 3.46. The third-order valence-electron chi connectivity index (χ3n) is 4.70. The summed E-state index contributed by atoms with van der Waals surface area (Å²) in [5.41, 5.74) is 2.81. The molecule has 1 N–H and O–H groups in total. The van der Waals surface area contributed by atoms with Crippen LogP contribution in [-0.4, -0.2) is 44.4 Å². The predicted octanol–water partition coefficient (Wildman–Crippen LogP) is 2.23. The Bertz CT molecular complexity index is 905. The molecule has 0 spiro atoms. The molecule has 128 valence electrons. The highest BCUT2D eigenvalue weighted by atomic mass is 16.2. The molecule has 1 aliphatic heterocycles. The van der Waals surface area contributed by atoms with E-state index in [2.05, 4.69) is 20.6 Å². The van der Waals surface area contributed by atoms with Crippen LogP contribution in [-0.2, 0) is 11.3 Å². The summed E-state index contributed by atoms with van der Waals surface area (Å²) in [6.07, 6.45) is 3.76. The summed E-state index contributed by atoms with van der Waals surface area (Å²) < 4.78 is 1.68. The Labute approximate surface area is 145 Å². The number of carbonyl (C=O) groups excluding carboxylic acids is 1. The first-order valence-electron chi connectivity index (χ1n) is 8.47. The zero-order valence-corrected chi connectivity index (χ0v) is 14.1. The number of pyridine rings is 1. The van der Waals surface area contributed by atoms with E-state index < -0.39 is 0 Å². The number of nitrogens with zero attached hydrogens (tertiary/aromatic N) is 5. The highest BCUT2D eigenvalue weighted by molar-refractivity contribution is 5.80. The lowest BCUT2D eigenvalue weighted by atomic mass is 10.1. The number of amides is 1. The summed E-state index contributed by atoms with van der Waals surface area (Å²) in [7, 11) is 1.85. The number of hydrogen-bond donors (Lipinski definition) is 1. The van der Waals surface area contributed by atoms with Gasteiger partial charge in [-0.2, -0.15) is 0 Å². The second kappa shape index (κ2) is 6.51. The Balaban J connectivity index is 1.56. The van der Waals surface area contributed by atoms with E-state index in [0.29, 0.717) is 0 Å². The molecule has 1 aromatic carbocycles. The molecule has 1 amide bonds. The zero-order chi connectivity index (χ0) is 17.2. The van der Waals surface area contributed by atoms with E-state index in [0.717, 1.165) is 41.8 Å². The van der Waals surface area contributed by atoms with Gasteiger partial charge in [-0.15, -0.1) is 5.10 Å². The van der Waals surface area contributed by atoms with Crippen LogP contribution < -0.4 is 5.32 Å². The van der Waals surface area contributed by atoms with Gasteiger partial charge >= 0.3 is 0 Å². The number of aromatic nitrogens is 4. The van der Waals surface area contributed by atoms with E-state index in [-0.39, 0.29) is 18.5 Å². The quantitative estimate of drug-likeness (QED) is 0.791. The minimum absolute atomic E-state index is 0.0703. The van der Waals surface area contributed by atoms with Gasteiger partial charge < -0.3 is 10.2 Å². The van der Waals surface area contributed by atoms with Crippen molar-refractivity contribution in [1.82, 2.24) is 24.9 Å². The van der Waals surface area contributed by atoms with Crippen LogP contribution in [0.5, 0.6) is 0 Å². The van der Waals surface area contributed by atoms with Crippen LogP contribution in [0.2, 0.25) is 0 Å². The van der Waals surface area contributed by atoms with E-state index in [4.69, 9.17) is 0 Å². The van der Waals surface area contributed by atoms with Gasteiger partial charge in [-0.25, -0.2) is 9.67 Å². The van der Waals surface area contributed by atoms with Gasteiger partial charge in [0.2, 0.25) is 5.91 Å². The molecule has 0 aliphatic carbocycles. The number of rotatable bonds is 4. The van der Waals surface area contributed by atoms with Gasteiger partial charge in [0.25, 0.3) is 0 Å². The standard InChI is InChI=1S/C18H20N6O/c1-19-17-11-13(8-9-20-17)15-7-4-10-23(15)18(25)12-24-16-6-3-2-5-14(16)21-22-24/h2-3,5-6,8-9,11,15H,4,7,10,12H2,1H3,(H,19,20). The number of para-hydroxylation sites is 1. The molecular weight excluding hydrogens is 316 g/mol. The molecule has 7 nitrogen and oxygen atoms in total. The van der Waals surface area contributed by atoms with Gasteiger partial charge in [0.15, 0.2) is 0 Å². The van der Waals surface area contributed by atoms with Crippen molar-refractivity contribution in [2.24, 2.45) is 0 Å². The van der Waals surface area contributed by atoms with E-state index >= 15 is 0 Å². The van der Waals surface area contributed by atoms with E-state index in [1.807, 2.05) is 48.3 Å². The first kappa shape index (κ1) is 15.6. The molecule has 1 unspecified atom stereocenters. The maximum absolute atomic E-state index is 12.9. The summed E-state index contributed by atoms with van der Waals surface area (Å²) in [6.45, 7) is 0.980. The van der Waals surface area contributed by atoms with Crippen molar-refractivity contribution in [2.75, 3.05) is 18.9 Å². The first-order chi connectivity index (χ1) is 12.3. The van der Waals surface area contributed by atoms with Crippen LogP contribution in [0, 0.1) is 0 Å². The lowest BCUT2D eigenvalue weighted by molar-refractivity contribution is -0.132. The van der Waals surface area contributed by atoms with Crippen molar-refractivity contribution in [1.29, 1.82) is 0 Å². The smallest absolute Gasteiger partial charge is 0.244 e. The Morgan fingerprint density at radius 2 is 2.20 bits per heavy atom. The van der Waals surface area contributed by atoms with Crippen molar-refractivity contribution in [2.45, 2.75) is 25.4 Å². The van der Waals surface area contributed by atoms with Crippen molar-refractivity contribution >= 4 is 22.8 Å². The van der Waals surface area contributed by atoms with Crippen molar-refractivity contribution in [3.8, 4) is 0 Å². The maximum Gasteiger partial charge on any atom is 0.244 e. The van der Waals surface area contributed by atoms with Gasteiger partial charge in [0.05, 0.1) is 11.6 Å². The Morgan fingerprint density at radius 3 is 3.08 bits per heavy atom. The number of benzene rings is 1. The fraction of sp³-hybridized carbons (Fsp3) is 0.333. The number of hydrogen-bond acceptors (Lipinski definition) is 5. The molecule has 0 bridgehead atoms. The summed E-state index contributed by atoms with van der Waals surface area (Å²) in [4.78, 5) is 19.1. The van der Waals surface area contributed by atoms with Crippen LogP contribution in [0.25, 0.3) is 11.0 Å².